The number of esters is 1. The summed E-state index contributed by atoms with van der Waals surface area (Å²) < 4.78 is 10.6. The summed E-state index contributed by atoms with van der Waals surface area (Å²) in [4.78, 5) is 24.3. The van der Waals surface area contributed by atoms with Crippen LogP contribution in [0.5, 0.6) is 5.75 Å². The summed E-state index contributed by atoms with van der Waals surface area (Å²) in [5.74, 6) is 0.211. The highest BCUT2D eigenvalue weighted by atomic mass is 16.5. The van der Waals surface area contributed by atoms with E-state index in [0.717, 1.165) is 24.2 Å². The van der Waals surface area contributed by atoms with Crippen molar-refractivity contribution in [1.82, 2.24) is 0 Å². The summed E-state index contributed by atoms with van der Waals surface area (Å²) in [6.45, 7) is 6.87. The van der Waals surface area contributed by atoms with E-state index in [9.17, 15) is 9.59 Å². The summed E-state index contributed by atoms with van der Waals surface area (Å²) in [7, 11) is 0. The van der Waals surface area contributed by atoms with E-state index in [4.69, 9.17) is 9.47 Å². The van der Waals surface area contributed by atoms with Crippen LogP contribution in [0, 0.1) is 6.92 Å². The first kappa shape index (κ1) is 19.5. The average molecular weight is 355 g/mol. The van der Waals surface area contributed by atoms with Gasteiger partial charge in [0.05, 0.1) is 18.8 Å². The lowest BCUT2D eigenvalue weighted by molar-refractivity contribution is 0.0499. The molecular formula is C21H25NO4. The van der Waals surface area contributed by atoms with Gasteiger partial charge in [0.15, 0.2) is 0 Å². The van der Waals surface area contributed by atoms with Crippen LogP contribution in [0.15, 0.2) is 42.5 Å². The fourth-order valence-electron chi connectivity index (χ4n) is 2.39. The minimum absolute atomic E-state index is 0.213. The van der Waals surface area contributed by atoms with Gasteiger partial charge >= 0.3 is 5.97 Å². The number of carbonyl (C=O) groups is 2. The van der Waals surface area contributed by atoms with Crippen molar-refractivity contribution in [3.8, 4) is 5.75 Å². The van der Waals surface area contributed by atoms with Gasteiger partial charge in [-0.3, -0.25) is 4.79 Å². The molecule has 1 N–H and O–H groups in total. The van der Waals surface area contributed by atoms with E-state index in [0.29, 0.717) is 30.0 Å². The summed E-state index contributed by atoms with van der Waals surface area (Å²) in [6.07, 6.45) is 1.82. The molecule has 0 aliphatic heterocycles. The summed E-state index contributed by atoms with van der Waals surface area (Å²) in [5.41, 5.74) is 2.54. The predicted octanol–water partition coefficient (Wildman–Crippen LogP) is 4.60. The Morgan fingerprint density at radius 2 is 1.69 bits per heavy atom. The number of aryl methyl sites for hydroxylation is 1. The second kappa shape index (κ2) is 9.61. The van der Waals surface area contributed by atoms with Crippen LogP contribution in [0.1, 0.15) is 53.0 Å². The van der Waals surface area contributed by atoms with Crippen molar-refractivity contribution in [3.05, 3.63) is 59.2 Å². The van der Waals surface area contributed by atoms with Crippen LogP contribution in [0.25, 0.3) is 0 Å². The number of amides is 1. The molecule has 0 spiro atoms. The molecule has 2 aromatic carbocycles. The quantitative estimate of drug-likeness (QED) is 0.555. The summed E-state index contributed by atoms with van der Waals surface area (Å²) in [5, 5.41) is 2.82. The Kier molecular flexibility index (Phi) is 7.21. The molecule has 2 aromatic rings. The zero-order chi connectivity index (χ0) is 18.9. The van der Waals surface area contributed by atoms with Gasteiger partial charge in [-0.15, -0.1) is 0 Å². The van der Waals surface area contributed by atoms with Gasteiger partial charge in [-0.25, -0.2) is 4.79 Å². The maximum Gasteiger partial charge on any atom is 0.338 e. The van der Waals surface area contributed by atoms with Gasteiger partial charge in [0, 0.05) is 11.3 Å². The lowest BCUT2D eigenvalue weighted by atomic mass is 10.1. The molecule has 2 rings (SSSR count). The van der Waals surface area contributed by atoms with E-state index in [-0.39, 0.29) is 11.9 Å². The lowest BCUT2D eigenvalue weighted by Crippen LogP contribution is -2.12. The third-order valence-electron chi connectivity index (χ3n) is 3.85. The Balaban J connectivity index is 1.99. The van der Waals surface area contributed by atoms with Crippen molar-refractivity contribution in [3.63, 3.8) is 0 Å². The largest absolute Gasteiger partial charge is 0.494 e. The van der Waals surface area contributed by atoms with Crippen LogP contribution in [-0.4, -0.2) is 25.1 Å². The first-order chi connectivity index (χ1) is 12.5. The molecule has 1 amide bonds. The number of anilines is 1. The molecule has 0 atom stereocenters. The van der Waals surface area contributed by atoms with Crippen molar-refractivity contribution in [2.24, 2.45) is 0 Å². The van der Waals surface area contributed by atoms with E-state index in [1.165, 1.54) is 0 Å². The standard InChI is InChI=1S/C21H25NO4/c1-4-6-13-26-21(24)16-7-10-18(11-8-16)22-20(23)17-9-12-19(25-5-2)15(3)14-17/h7-12,14H,4-6,13H2,1-3H3,(H,22,23). The molecule has 26 heavy (non-hydrogen) atoms. The van der Waals surface area contributed by atoms with Crippen LogP contribution in [0.3, 0.4) is 0 Å². The minimum Gasteiger partial charge on any atom is -0.494 e. The van der Waals surface area contributed by atoms with E-state index in [1.54, 1.807) is 42.5 Å². The van der Waals surface area contributed by atoms with E-state index < -0.39 is 0 Å². The summed E-state index contributed by atoms with van der Waals surface area (Å²) in [6, 6.07) is 12.0. The number of nitrogens with one attached hydrogen (secondary N) is 1. The minimum atomic E-state index is -0.349. The normalized spacial score (nSPS) is 10.3. The van der Waals surface area contributed by atoms with Crippen molar-refractivity contribution in [2.45, 2.75) is 33.6 Å². The molecular weight excluding hydrogens is 330 g/mol. The SMILES string of the molecule is CCCCOC(=O)c1ccc(NC(=O)c2ccc(OCC)c(C)c2)cc1. The number of benzene rings is 2. The Hall–Kier alpha value is -2.82. The molecule has 0 saturated heterocycles. The average Bonchev–Trinajstić information content (AvgIpc) is 2.64. The Morgan fingerprint density at radius 3 is 2.31 bits per heavy atom. The number of carbonyl (C=O) groups excluding carboxylic acids is 2. The molecule has 5 nitrogen and oxygen atoms in total. The molecule has 0 saturated carbocycles. The third kappa shape index (κ3) is 5.34. The van der Waals surface area contributed by atoms with Crippen molar-refractivity contribution >= 4 is 17.6 Å². The van der Waals surface area contributed by atoms with Crippen LogP contribution in [0.2, 0.25) is 0 Å². The Bertz CT molecular complexity index is 753. The number of unbranched alkanes of at least 4 members (excludes halogenated alkanes) is 1. The first-order valence-corrected chi connectivity index (χ1v) is 8.87. The van der Waals surface area contributed by atoms with Crippen molar-refractivity contribution in [1.29, 1.82) is 0 Å². The molecule has 0 fully saturated rings. The third-order valence-corrected chi connectivity index (χ3v) is 3.85. The molecule has 0 unspecified atom stereocenters. The molecule has 0 aromatic heterocycles. The van der Waals surface area contributed by atoms with Gasteiger partial charge < -0.3 is 14.8 Å². The van der Waals surface area contributed by atoms with Gasteiger partial charge in [0.25, 0.3) is 5.91 Å². The molecule has 0 radical (unpaired) electrons. The van der Waals surface area contributed by atoms with Gasteiger partial charge in [0.1, 0.15) is 5.75 Å². The van der Waals surface area contributed by atoms with Crippen LogP contribution in [-0.2, 0) is 4.74 Å². The number of hydrogen-bond donors (Lipinski definition) is 1. The van der Waals surface area contributed by atoms with Gasteiger partial charge in [-0.2, -0.15) is 0 Å². The summed E-state index contributed by atoms with van der Waals surface area (Å²) >= 11 is 0. The predicted molar refractivity (Wildman–Crippen MR) is 102 cm³/mol. The zero-order valence-corrected chi connectivity index (χ0v) is 15.5. The second-order valence-corrected chi connectivity index (χ2v) is 5.93. The molecule has 138 valence electrons. The first-order valence-electron chi connectivity index (χ1n) is 8.87. The highest BCUT2D eigenvalue weighted by Crippen LogP contribution is 2.20. The highest BCUT2D eigenvalue weighted by Gasteiger charge is 2.10. The van der Waals surface area contributed by atoms with E-state index in [2.05, 4.69) is 5.32 Å². The van der Waals surface area contributed by atoms with Crippen LogP contribution in [0.4, 0.5) is 5.69 Å². The Labute approximate surface area is 154 Å². The maximum atomic E-state index is 12.4. The molecule has 0 aliphatic rings. The fraction of sp³-hybridized carbons (Fsp3) is 0.333. The molecule has 0 bridgehead atoms. The number of rotatable bonds is 8. The monoisotopic (exact) mass is 355 g/mol. The van der Waals surface area contributed by atoms with Crippen LogP contribution >= 0.6 is 0 Å². The van der Waals surface area contributed by atoms with E-state index in [1.807, 2.05) is 20.8 Å². The van der Waals surface area contributed by atoms with Crippen molar-refractivity contribution < 1.29 is 19.1 Å². The fourth-order valence-corrected chi connectivity index (χ4v) is 2.39. The van der Waals surface area contributed by atoms with Gasteiger partial charge in [0.2, 0.25) is 0 Å². The number of hydrogen-bond acceptors (Lipinski definition) is 4. The van der Waals surface area contributed by atoms with Crippen LogP contribution < -0.4 is 10.1 Å². The number of ether oxygens (including phenoxy) is 2. The second-order valence-electron chi connectivity index (χ2n) is 5.93. The molecule has 5 heteroatoms. The molecule has 0 heterocycles. The maximum absolute atomic E-state index is 12.4. The Morgan fingerprint density at radius 1 is 1.00 bits per heavy atom. The zero-order valence-electron chi connectivity index (χ0n) is 15.5. The lowest BCUT2D eigenvalue weighted by Gasteiger charge is -2.10. The highest BCUT2D eigenvalue weighted by molar-refractivity contribution is 6.04. The van der Waals surface area contributed by atoms with Gasteiger partial charge in [-0.05, 0) is 68.3 Å². The van der Waals surface area contributed by atoms with Crippen molar-refractivity contribution in [2.75, 3.05) is 18.5 Å². The topological polar surface area (TPSA) is 64.6 Å². The van der Waals surface area contributed by atoms with E-state index >= 15 is 0 Å². The van der Waals surface area contributed by atoms with Gasteiger partial charge in [-0.1, -0.05) is 13.3 Å². The molecule has 0 aliphatic carbocycles. The smallest absolute Gasteiger partial charge is 0.338 e.